The number of fused-ring (bicyclic) bond motifs is 1. The average Bonchev–Trinajstić information content (AvgIpc) is 2.77. The van der Waals surface area contributed by atoms with E-state index >= 15 is 0 Å². The molecule has 2 rings (SSSR count). The van der Waals surface area contributed by atoms with Gasteiger partial charge in [0.2, 0.25) is 0 Å². The van der Waals surface area contributed by atoms with Crippen LogP contribution in [0.1, 0.15) is 41.1 Å². The lowest BCUT2D eigenvalue weighted by atomic mass is 9.88. The van der Waals surface area contributed by atoms with Gasteiger partial charge in [-0.25, -0.2) is 0 Å². The Labute approximate surface area is 113 Å². The van der Waals surface area contributed by atoms with Crippen LogP contribution in [-0.2, 0) is 12.8 Å². The van der Waals surface area contributed by atoms with E-state index in [2.05, 4.69) is 24.5 Å². The minimum atomic E-state index is 0.0972. The van der Waals surface area contributed by atoms with Crippen LogP contribution < -0.4 is 10.6 Å². The number of thiophene rings is 1. The van der Waals surface area contributed by atoms with Crippen molar-refractivity contribution in [3.63, 3.8) is 0 Å². The van der Waals surface area contributed by atoms with Gasteiger partial charge in [-0.15, -0.1) is 11.3 Å². The molecular weight excluding hydrogens is 244 g/mol. The molecule has 0 spiro atoms. The van der Waals surface area contributed by atoms with Gasteiger partial charge in [0.1, 0.15) is 0 Å². The fourth-order valence-electron chi connectivity index (χ4n) is 2.40. The lowest BCUT2D eigenvalue weighted by Gasteiger charge is -2.18. The lowest BCUT2D eigenvalue weighted by molar-refractivity contribution is 0.0953. The molecule has 0 radical (unpaired) electrons. The molecule has 1 heterocycles. The Morgan fingerprint density at radius 3 is 3.11 bits per heavy atom. The molecule has 1 aromatic rings. The topological polar surface area (TPSA) is 41.1 Å². The first-order valence-corrected chi connectivity index (χ1v) is 7.68. The molecule has 2 N–H and O–H groups in total. The highest BCUT2D eigenvalue weighted by Gasteiger charge is 2.22. The molecule has 0 bridgehead atoms. The number of amides is 1. The van der Waals surface area contributed by atoms with Crippen LogP contribution in [0.25, 0.3) is 0 Å². The summed E-state index contributed by atoms with van der Waals surface area (Å²) < 4.78 is 0. The molecule has 3 nitrogen and oxygen atoms in total. The number of likely N-dealkylation sites (N-methyl/N-ethyl adjacent to an activating group) is 1. The molecule has 1 unspecified atom stereocenters. The number of hydrogen-bond acceptors (Lipinski definition) is 3. The van der Waals surface area contributed by atoms with E-state index in [9.17, 15) is 4.79 Å². The maximum Gasteiger partial charge on any atom is 0.252 e. The van der Waals surface area contributed by atoms with E-state index in [4.69, 9.17) is 0 Å². The molecule has 100 valence electrons. The molecule has 4 heteroatoms. The Morgan fingerprint density at radius 1 is 1.50 bits per heavy atom. The van der Waals surface area contributed by atoms with E-state index < -0.39 is 0 Å². The number of rotatable bonds is 5. The largest absolute Gasteiger partial charge is 0.351 e. The SMILES string of the molecule is CCNCCNC(=O)c1csc2c1CCC(C)C2. The summed E-state index contributed by atoms with van der Waals surface area (Å²) in [5.41, 5.74) is 2.22. The van der Waals surface area contributed by atoms with Gasteiger partial charge in [-0.3, -0.25) is 4.79 Å². The van der Waals surface area contributed by atoms with E-state index in [1.165, 1.54) is 16.9 Å². The first kappa shape index (κ1) is 13.6. The van der Waals surface area contributed by atoms with Gasteiger partial charge in [-0.1, -0.05) is 13.8 Å². The molecule has 1 atom stereocenters. The van der Waals surface area contributed by atoms with E-state index in [-0.39, 0.29) is 5.91 Å². The molecule has 0 aliphatic heterocycles. The standard InChI is InChI=1S/C14H22N2OS/c1-3-15-6-7-16-14(17)12-9-18-13-8-10(2)4-5-11(12)13/h9-10,15H,3-8H2,1-2H3,(H,16,17). The quantitative estimate of drug-likeness (QED) is 0.802. The monoisotopic (exact) mass is 266 g/mol. The Hall–Kier alpha value is -0.870. The Balaban J connectivity index is 1.95. The van der Waals surface area contributed by atoms with Gasteiger partial charge in [0.05, 0.1) is 5.56 Å². The van der Waals surface area contributed by atoms with Crippen molar-refractivity contribution in [2.75, 3.05) is 19.6 Å². The number of carbonyl (C=O) groups is 1. The van der Waals surface area contributed by atoms with Gasteiger partial charge in [0, 0.05) is 23.3 Å². The highest BCUT2D eigenvalue weighted by atomic mass is 32.1. The number of hydrogen-bond donors (Lipinski definition) is 2. The summed E-state index contributed by atoms with van der Waals surface area (Å²) in [6.45, 7) is 6.85. The van der Waals surface area contributed by atoms with Crippen LogP contribution in [0.15, 0.2) is 5.38 Å². The van der Waals surface area contributed by atoms with Crippen LogP contribution in [-0.4, -0.2) is 25.5 Å². The molecule has 0 fully saturated rings. The van der Waals surface area contributed by atoms with Gasteiger partial charge in [0.25, 0.3) is 5.91 Å². The second-order valence-corrected chi connectivity index (χ2v) is 5.97. The third-order valence-electron chi connectivity index (χ3n) is 3.48. The Morgan fingerprint density at radius 2 is 2.33 bits per heavy atom. The first-order valence-electron chi connectivity index (χ1n) is 6.80. The smallest absolute Gasteiger partial charge is 0.252 e. The fraction of sp³-hybridized carbons (Fsp3) is 0.643. The zero-order valence-electron chi connectivity index (χ0n) is 11.2. The minimum Gasteiger partial charge on any atom is -0.351 e. The summed E-state index contributed by atoms with van der Waals surface area (Å²) >= 11 is 1.75. The maximum absolute atomic E-state index is 12.1. The van der Waals surface area contributed by atoms with E-state index in [1.807, 2.05) is 5.38 Å². The van der Waals surface area contributed by atoms with Crippen molar-refractivity contribution in [2.24, 2.45) is 5.92 Å². The molecule has 1 aromatic heterocycles. The Bertz CT molecular complexity index is 414. The second-order valence-electron chi connectivity index (χ2n) is 5.01. The average molecular weight is 266 g/mol. The molecule has 0 aromatic carbocycles. The van der Waals surface area contributed by atoms with Crippen molar-refractivity contribution >= 4 is 17.2 Å². The molecular formula is C14H22N2OS. The maximum atomic E-state index is 12.1. The lowest BCUT2D eigenvalue weighted by Crippen LogP contribution is -2.32. The van der Waals surface area contributed by atoms with Gasteiger partial charge < -0.3 is 10.6 Å². The van der Waals surface area contributed by atoms with Crippen molar-refractivity contribution < 1.29 is 4.79 Å². The highest BCUT2D eigenvalue weighted by molar-refractivity contribution is 7.10. The minimum absolute atomic E-state index is 0.0972. The van der Waals surface area contributed by atoms with Crippen molar-refractivity contribution in [1.82, 2.24) is 10.6 Å². The van der Waals surface area contributed by atoms with E-state index in [1.54, 1.807) is 11.3 Å². The van der Waals surface area contributed by atoms with Crippen LogP contribution in [0, 0.1) is 5.92 Å². The first-order chi connectivity index (χ1) is 8.72. The molecule has 1 amide bonds. The molecule has 1 aliphatic carbocycles. The predicted octanol–water partition coefficient (Wildman–Crippen LogP) is 2.21. The molecule has 0 saturated carbocycles. The summed E-state index contributed by atoms with van der Waals surface area (Å²) in [7, 11) is 0. The summed E-state index contributed by atoms with van der Waals surface area (Å²) in [6.07, 6.45) is 3.42. The van der Waals surface area contributed by atoms with Crippen LogP contribution in [0.5, 0.6) is 0 Å². The van der Waals surface area contributed by atoms with Gasteiger partial charge in [-0.2, -0.15) is 0 Å². The van der Waals surface area contributed by atoms with Crippen LogP contribution >= 0.6 is 11.3 Å². The third kappa shape index (κ3) is 3.12. The predicted molar refractivity (Wildman–Crippen MR) is 76.4 cm³/mol. The van der Waals surface area contributed by atoms with Gasteiger partial charge in [0.15, 0.2) is 0 Å². The number of nitrogens with one attached hydrogen (secondary N) is 2. The Kier molecular flexibility index (Phi) is 4.78. The van der Waals surface area contributed by atoms with Crippen LogP contribution in [0.3, 0.4) is 0 Å². The summed E-state index contributed by atoms with van der Waals surface area (Å²) in [5, 5.41) is 8.22. The third-order valence-corrected chi connectivity index (χ3v) is 4.53. The van der Waals surface area contributed by atoms with Gasteiger partial charge >= 0.3 is 0 Å². The molecule has 0 saturated heterocycles. The van der Waals surface area contributed by atoms with E-state index in [0.29, 0.717) is 6.54 Å². The van der Waals surface area contributed by atoms with E-state index in [0.717, 1.165) is 37.4 Å². The molecule has 18 heavy (non-hydrogen) atoms. The summed E-state index contributed by atoms with van der Waals surface area (Å²) in [4.78, 5) is 13.5. The summed E-state index contributed by atoms with van der Waals surface area (Å²) in [6, 6.07) is 0. The van der Waals surface area contributed by atoms with Crippen molar-refractivity contribution in [2.45, 2.75) is 33.1 Å². The van der Waals surface area contributed by atoms with Crippen LogP contribution in [0.4, 0.5) is 0 Å². The zero-order valence-corrected chi connectivity index (χ0v) is 12.0. The normalized spacial score (nSPS) is 18.4. The van der Waals surface area contributed by atoms with Crippen molar-refractivity contribution in [1.29, 1.82) is 0 Å². The number of carbonyl (C=O) groups excluding carboxylic acids is 1. The zero-order chi connectivity index (χ0) is 13.0. The van der Waals surface area contributed by atoms with Crippen LogP contribution in [0.2, 0.25) is 0 Å². The highest BCUT2D eigenvalue weighted by Crippen LogP contribution is 2.32. The molecule has 1 aliphatic rings. The van der Waals surface area contributed by atoms with Crippen molar-refractivity contribution in [3.05, 3.63) is 21.4 Å². The van der Waals surface area contributed by atoms with Gasteiger partial charge in [-0.05, 0) is 37.3 Å². The van der Waals surface area contributed by atoms with Crippen molar-refractivity contribution in [3.8, 4) is 0 Å². The second kappa shape index (κ2) is 6.34. The summed E-state index contributed by atoms with van der Waals surface area (Å²) in [5.74, 6) is 0.862. The fourth-order valence-corrected chi connectivity index (χ4v) is 3.65.